The summed E-state index contributed by atoms with van der Waals surface area (Å²) in [5.41, 5.74) is -0.00757. The number of aliphatic hydroxyl groups is 1. The highest BCUT2D eigenvalue weighted by Crippen LogP contribution is 2.27. The van der Waals surface area contributed by atoms with Gasteiger partial charge in [0.2, 0.25) is 0 Å². The first-order chi connectivity index (χ1) is 7.83. The topological polar surface area (TPSA) is 41.5 Å². The van der Waals surface area contributed by atoms with Gasteiger partial charge in [0.1, 0.15) is 0 Å². The van der Waals surface area contributed by atoms with Crippen molar-refractivity contribution in [2.75, 3.05) is 26.4 Å². The fraction of sp³-hybridized carbons (Fsp3) is 1.00. The van der Waals surface area contributed by atoms with Crippen LogP contribution in [0.15, 0.2) is 0 Å². The van der Waals surface area contributed by atoms with Gasteiger partial charge in [0.15, 0.2) is 0 Å². The SMILES string of the molecule is CCCCOCCNC1(CO)CCCCC1. The molecule has 0 atom stereocenters. The molecule has 0 heterocycles. The summed E-state index contributed by atoms with van der Waals surface area (Å²) < 4.78 is 5.51. The minimum absolute atomic E-state index is 0.00757. The second-order valence-electron chi connectivity index (χ2n) is 4.89. The molecule has 3 heteroatoms. The van der Waals surface area contributed by atoms with Crippen LogP contribution in [0.2, 0.25) is 0 Å². The second-order valence-corrected chi connectivity index (χ2v) is 4.89. The van der Waals surface area contributed by atoms with Crippen molar-refractivity contribution in [1.29, 1.82) is 0 Å². The molecule has 2 N–H and O–H groups in total. The van der Waals surface area contributed by atoms with E-state index in [4.69, 9.17) is 4.74 Å². The van der Waals surface area contributed by atoms with E-state index < -0.39 is 0 Å². The first kappa shape index (κ1) is 13.9. The van der Waals surface area contributed by atoms with Crippen LogP contribution in [0.4, 0.5) is 0 Å². The van der Waals surface area contributed by atoms with Crippen molar-refractivity contribution < 1.29 is 9.84 Å². The molecular weight excluding hydrogens is 202 g/mol. The summed E-state index contributed by atoms with van der Waals surface area (Å²) in [6.45, 7) is 4.93. The van der Waals surface area contributed by atoms with Gasteiger partial charge in [0.05, 0.1) is 13.2 Å². The first-order valence-corrected chi connectivity index (χ1v) is 6.76. The lowest BCUT2D eigenvalue weighted by molar-refractivity contribution is 0.0920. The Bertz CT molecular complexity index is 167. The van der Waals surface area contributed by atoms with Crippen molar-refractivity contribution in [3.05, 3.63) is 0 Å². The van der Waals surface area contributed by atoms with Crippen molar-refractivity contribution in [2.45, 2.75) is 57.4 Å². The third-order valence-electron chi connectivity index (χ3n) is 3.50. The summed E-state index contributed by atoms with van der Waals surface area (Å²) in [6, 6.07) is 0. The van der Waals surface area contributed by atoms with E-state index in [1.807, 2.05) is 0 Å². The highest BCUT2D eigenvalue weighted by molar-refractivity contribution is 4.89. The van der Waals surface area contributed by atoms with E-state index in [0.717, 1.165) is 39.0 Å². The molecule has 1 saturated carbocycles. The van der Waals surface area contributed by atoms with E-state index in [-0.39, 0.29) is 12.1 Å². The zero-order valence-electron chi connectivity index (χ0n) is 10.6. The lowest BCUT2D eigenvalue weighted by Crippen LogP contribution is -2.50. The monoisotopic (exact) mass is 229 g/mol. The summed E-state index contributed by atoms with van der Waals surface area (Å²) in [7, 11) is 0. The summed E-state index contributed by atoms with van der Waals surface area (Å²) in [5.74, 6) is 0. The molecule has 0 aromatic rings. The van der Waals surface area contributed by atoms with Crippen molar-refractivity contribution in [3.63, 3.8) is 0 Å². The zero-order chi connectivity index (χ0) is 11.7. The van der Waals surface area contributed by atoms with Gasteiger partial charge in [-0.3, -0.25) is 0 Å². The van der Waals surface area contributed by atoms with Crippen LogP contribution in [0.3, 0.4) is 0 Å². The van der Waals surface area contributed by atoms with Gasteiger partial charge in [0.25, 0.3) is 0 Å². The zero-order valence-corrected chi connectivity index (χ0v) is 10.6. The summed E-state index contributed by atoms with van der Waals surface area (Å²) in [5, 5.41) is 13.0. The van der Waals surface area contributed by atoms with E-state index in [0.29, 0.717) is 0 Å². The fourth-order valence-corrected chi connectivity index (χ4v) is 2.36. The Morgan fingerprint density at radius 1 is 1.19 bits per heavy atom. The van der Waals surface area contributed by atoms with E-state index >= 15 is 0 Å². The van der Waals surface area contributed by atoms with Crippen LogP contribution >= 0.6 is 0 Å². The molecule has 1 fully saturated rings. The van der Waals surface area contributed by atoms with Gasteiger partial charge in [-0.1, -0.05) is 32.6 Å². The van der Waals surface area contributed by atoms with E-state index in [2.05, 4.69) is 12.2 Å². The minimum Gasteiger partial charge on any atom is -0.394 e. The predicted molar refractivity (Wildman–Crippen MR) is 66.6 cm³/mol. The van der Waals surface area contributed by atoms with Crippen LogP contribution in [0.1, 0.15) is 51.9 Å². The van der Waals surface area contributed by atoms with Crippen LogP contribution in [-0.2, 0) is 4.74 Å². The summed E-state index contributed by atoms with van der Waals surface area (Å²) in [6.07, 6.45) is 8.35. The van der Waals surface area contributed by atoms with Crippen molar-refractivity contribution in [2.24, 2.45) is 0 Å². The Morgan fingerprint density at radius 2 is 1.94 bits per heavy atom. The highest BCUT2D eigenvalue weighted by atomic mass is 16.5. The number of hydrogen-bond donors (Lipinski definition) is 2. The summed E-state index contributed by atoms with van der Waals surface area (Å²) >= 11 is 0. The molecule has 0 amide bonds. The molecule has 0 radical (unpaired) electrons. The van der Waals surface area contributed by atoms with Gasteiger partial charge in [-0.15, -0.1) is 0 Å². The van der Waals surface area contributed by atoms with Gasteiger partial charge >= 0.3 is 0 Å². The standard InChI is InChI=1S/C13H27NO2/c1-2-3-10-16-11-9-14-13(12-15)7-5-4-6-8-13/h14-15H,2-12H2,1H3. The highest BCUT2D eigenvalue weighted by Gasteiger charge is 2.30. The third-order valence-corrected chi connectivity index (χ3v) is 3.50. The van der Waals surface area contributed by atoms with Crippen LogP contribution in [0.25, 0.3) is 0 Å². The Labute approximate surface area is 99.6 Å². The number of unbranched alkanes of at least 4 members (excludes halogenated alkanes) is 1. The molecule has 1 aliphatic rings. The lowest BCUT2D eigenvalue weighted by Gasteiger charge is -2.36. The molecule has 96 valence electrons. The maximum atomic E-state index is 9.48. The maximum absolute atomic E-state index is 9.48. The second kappa shape index (κ2) is 8.04. The molecule has 0 aromatic carbocycles. The molecule has 0 aliphatic heterocycles. The number of ether oxygens (including phenoxy) is 1. The lowest BCUT2D eigenvalue weighted by atomic mass is 9.82. The molecule has 16 heavy (non-hydrogen) atoms. The number of rotatable bonds is 8. The molecular formula is C13H27NO2. The van der Waals surface area contributed by atoms with Gasteiger partial charge in [-0.2, -0.15) is 0 Å². The average Bonchev–Trinajstić information content (AvgIpc) is 2.35. The van der Waals surface area contributed by atoms with Gasteiger partial charge in [-0.25, -0.2) is 0 Å². The Kier molecular flexibility index (Phi) is 7.01. The fourth-order valence-electron chi connectivity index (χ4n) is 2.36. The molecule has 0 spiro atoms. The molecule has 0 bridgehead atoms. The number of hydrogen-bond acceptors (Lipinski definition) is 3. The van der Waals surface area contributed by atoms with Crippen molar-refractivity contribution >= 4 is 0 Å². The van der Waals surface area contributed by atoms with Crippen LogP contribution < -0.4 is 5.32 Å². The van der Waals surface area contributed by atoms with Crippen LogP contribution in [0, 0.1) is 0 Å². The summed E-state index contributed by atoms with van der Waals surface area (Å²) in [4.78, 5) is 0. The Hall–Kier alpha value is -0.120. The Balaban J connectivity index is 2.08. The smallest absolute Gasteiger partial charge is 0.0613 e. The maximum Gasteiger partial charge on any atom is 0.0613 e. The molecule has 3 nitrogen and oxygen atoms in total. The quantitative estimate of drug-likeness (QED) is 0.626. The number of nitrogens with one attached hydrogen (secondary N) is 1. The van der Waals surface area contributed by atoms with Crippen LogP contribution in [-0.4, -0.2) is 37.0 Å². The van der Waals surface area contributed by atoms with Gasteiger partial charge in [-0.05, 0) is 19.3 Å². The predicted octanol–water partition coefficient (Wildman–Crippen LogP) is 2.09. The molecule has 0 unspecified atom stereocenters. The van der Waals surface area contributed by atoms with Crippen molar-refractivity contribution in [3.8, 4) is 0 Å². The molecule has 0 aromatic heterocycles. The van der Waals surface area contributed by atoms with Crippen LogP contribution in [0.5, 0.6) is 0 Å². The average molecular weight is 229 g/mol. The van der Waals surface area contributed by atoms with E-state index in [1.165, 1.54) is 25.7 Å². The molecule has 1 aliphatic carbocycles. The molecule has 1 rings (SSSR count). The van der Waals surface area contributed by atoms with Gasteiger partial charge in [0, 0.05) is 18.7 Å². The van der Waals surface area contributed by atoms with E-state index in [1.54, 1.807) is 0 Å². The number of aliphatic hydroxyl groups excluding tert-OH is 1. The van der Waals surface area contributed by atoms with Gasteiger partial charge < -0.3 is 15.2 Å². The largest absolute Gasteiger partial charge is 0.394 e. The molecule has 0 saturated heterocycles. The van der Waals surface area contributed by atoms with E-state index in [9.17, 15) is 5.11 Å². The first-order valence-electron chi connectivity index (χ1n) is 6.76. The Morgan fingerprint density at radius 3 is 2.56 bits per heavy atom. The normalized spacial score (nSPS) is 19.9. The third kappa shape index (κ3) is 4.81. The van der Waals surface area contributed by atoms with Crippen molar-refractivity contribution in [1.82, 2.24) is 5.32 Å². The minimum atomic E-state index is -0.00757.